The van der Waals surface area contributed by atoms with Crippen molar-refractivity contribution in [2.75, 3.05) is 52.8 Å². The van der Waals surface area contributed by atoms with Gasteiger partial charge in [0, 0.05) is 25.2 Å². The second-order valence-corrected chi connectivity index (χ2v) is 13.1. The molecule has 0 saturated carbocycles. The second kappa shape index (κ2) is 13.4. The van der Waals surface area contributed by atoms with Gasteiger partial charge >= 0.3 is 0 Å². The Morgan fingerprint density at radius 2 is 1.62 bits per heavy atom. The second-order valence-electron chi connectivity index (χ2n) is 10.1. The van der Waals surface area contributed by atoms with E-state index in [1.807, 2.05) is 44.4 Å². The lowest BCUT2D eigenvalue weighted by atomic mass is 10.0. The largest absolute Gasteiger partial charge is 0.495 e. The summed E-state index contributed by atoms with van der Waals surface area (Å²) in [7, 11) is 3.44. The maximum Gasteiger partial charge on any atom is 0.260 e. The van der Waals surface area contributed by atoms with E-state index in [1.54, 1.807) is 37.3 Å². The van der Waals surface area contributed by atoms with Gasteiger partial charge in [-0.25, -0.2) is 13.4 Å². The van der Waals surface area contributed by atoms with Crippen molar-refractivity contribution in [2.45, 2.75) is 24.3 Å². The van der Waals surface area contributed by atoms with Crippen LogP contribution in [0.25, 0.3) is 10.2 Å². The highest BCUT2D eigenvalue weighted by atomic mass is 35.5. The third kappa shape index (κ3) is 6.40. The summed E-state index contributed by atoms with van der Waals surface area (Å²) in [5.41, 5.74) is 3.21. The standard InChI is InChI=1S/C30H34N4O5S2.ClH/c1-32(2)17-7-18-34(30-31-27-25(38-3)14-15-26(39-4)28(27)40-30)29(35)22-10-12-24(13-11-22)41(36,37)33-19-16-21-8-5-6-9-23(21)20-33;/h5-6,8-15H,7,16-20H2,1-4H3;1H. The van der Waals surface area contributed by atoms with Crippen LogP contribution in [0.15, 0.2) is 65.6 Å². The number of ether oxygens (including phenoxy) is 2. The molecule has 1 amide bonds. The van der Waals surface area contributed by atoms with Crippen LogP contribution in [0.4, 0.5) is 5.13 Å². The van der Waals surface area contributed by atoms with Crippen LogP contribution in [0, 0.1) is 0 Å². The molecule has 0 saturated heterocycles. The lowest BCUT2D eigenvalue weighted by Crippen LogP contribution is -2.36. The summed E-state index contributed by atoms with van der Waals surface area (Å²) in [6, 6.07) is 17.7. The first kappa shape index (κ1) is 31.7. The van der Waals surface area contributed by atoms with E-state index in [2.05, 4.69) is 4.90 Å². The maximum atomic E-state index is 13.9. The summed E-state index contributed by atoms with van der Waals surface area (Å²) in [6.07, 6.45) is 1.40. The molecule has 4 aromatic rings. The zero-order valence-corrected chi connectivity index (χ0v) is 26.5. The number of fused-ring (bicyclic) bond motifs is 2. The van der Waals surface area contributed by atoms with Gasteiger partial charge in [0.1, 0.15) is 21.7 Å². The molecule has 9 nitrogen and oxygen atoms in total. The summed E-state index contributed by atoms with van der Waals surface area (Å²) in [4.78, 5) is 22.5. The van der Waals surface area contributed by atoms with Crippen molar-refractivity contribution in [3.8, 4) is 11.5 Å². The highest BCUT2D eigenvalue weighted by Crippen LogP contribution is 2.40. The average Bonchev–Trinajstić information content (AvgIpc) is 3.43. The summed E-state index contributed by atoms with van der Waals surface area (Å²) in [5, 5.41) is 0.523. The number of amides is 1. The van der Waals surface area contributed by atoms with Crippen LogP contribution in [0.3, 0.4) is 0 Å². The van der Waals surface area contributed by atoms with Crippen LogP contribution in [-0.2, 0) is 23.0 Å². The number of benzene rings is 3. The molecular weight excluding hydrogens is 596 g/mol. The fourth-order valence-electron chi connectivity index (χ4n) is 4.97. The molecule has 3 aromatic carbocycles. The molecule has 0 aliphatic carbocycles. The summed E-state index contributed by atoms with van der Waals surface area (Å²) in [6.45, 7) is 1.99. The van der Waals surface area contributed by atoms with E-state index in [-0.39, 0.29) is 23.2 Å². The minimum Gasteiger partial charge on any atom is -0.495 e. The molecule has 1 aliphatic rings. The van der Waals surface area contributed by atoms with Gasteiger partial charge in [-0.15, -0.1) is 12.4 Å². The van der Waals surface area contributed by atoms with Crippen molar-refractivity contribution in [2.24, 2.45) is 0 Å². The molecule has 0 N–H and O–H groups in total. The van der Waals surface area contributed by atoms with E-state index in [0.29, 0.717) is 53.8 Å². The maximum absolute atomic E-state index is 13.9. The molecule has 1 aliphatic heterocycles. The molecule has 0 spiro atoms. The minimum atomic E-state index is -3.71. The molecule has 224 valence electrons. The summed E-state index contributed by atoms with van der Waals surface area (Å²) >= 11 is 1.36. The molecule has 0 bridgehead atoms. The third-order valence-corrected chi connectivity index (χ3v) is 10.1. The minimum absolute atomic E-state index is 0. The van der Waals surface area contributed by atoms with Gasteiger partial charge in [-0.1, -0.05) is 35.6 Å². The van der Waals surface area contributed by atoms with Gasteiger partial charge in [0.05, 0.1) is 19.1 Å². The third-order valence-electron chi connectivity index (χ3n) is 7.20. The molecular formula is C30H35ClN4O5S2. The molecule has 2 heterocycles. The monoisotopic (exact) mass is 630 g/mol. The molecule has 0 atom stereocenters. The van der Waals surface area contributed by atoms with Gasteiger partial charge in [0.25, 0.3) is 5.91 Å². The van der Waals surface area contributed by atoms with Crippen LogP contribution in [0.5, 0.6) is 11.5 Å². The van der Waals surface area contributed by atoms with Crippen LogP contribution >= 0.6 is 23.7 Å². The van der Waals surface area contributed by atoms with E-state index < -0.39 is 10.0 Å². The van der Waals surface area contributed by atoms with Gasteiger partial charge in [0.15, 0.2) is 5.13 Å². The SMILES string of the molecule is COc1ccc(OC)c2sc(N(CCCN(C)C)C(=O)c3ccc(S(=O)(=O)N4CCc5ccccc5C4)cc3)nc12.Cl. The summed E-state index contributed by atoms with van der Waals surface area (Å²) < 4.78 is 40.2. The van der Waals surface area contributed by atoms with Crippen molar-refractivity contribution in [1.29, 1.82) is 0 Å². The van der Waals surface area contributed by atoms with Crippen molar-refractivity contribution in [1.82, 2.24) is 14.2 Å². The van der Waals surface area contributed by atoms with Crippen LogP contribution < -0.4 is 14.4 Å². The Labute approximate surface area is 257 Å². The Hall–Kier alpha value is -3.22. The predicted octanol–water partition coefficient (Wildman–Crippen LogP) is 5.08. The Kier molecular flexibility index (Phi) is 10.1. The number of carbonyl (C=O) groups excluding carboxylic acids is 1. The number of methoxy groups -OCH3 is 2. The predicted molar refractivity (Wildman–Crippen MR) is 169 cm³/mol. The number of carbonyl (C=O) groups is 1. The first-order valence-electron chi connectivity index (χ1n) is 13.4. The first-order valence-corrected chi connectivity index (χ1v) is 15.6. The van der Waals surface area contributed by atoms with Gasteiger partial charge in [-0.05, 0) is 81.0 Å². The van der Waals surface area contributed by atoms with Crippen molar-refractivity contribution in [3.63, 3.8) is 0 Å². The summed E-state index contributed by atoms with van der Waals surface area (Å²) in [5.74, 6) is 0.996. The fraction of sp³-hybridized carbons (Fsp3) is 0.333. The number of hydrogen-bond acceptors (Lipinski definition) is 8. The van der Waals surface area contributed by atoms with Gasteiger partial charge < -0.3 is 14.4 Å². The fourth-order valence-corrected chi connectivity index (χ4v) is 7.49. The van der Waals surface area contributed by atoms with Crippen molar-refractivity contribution in [3.05, 3.63) is 77.4 Å². The lowest BCUT2D eigenvalue weighted by Gasteiger charge is -2.28. The van der Waals surface area contributed by atoms with E-state index >= 15 is 0 Å². The number of sulfonamides is 1. The van der Waals surface area contributed by atoms with Gasteiger partial charge in [-0.2, -0.15) is 4.31 Å². The van der Waals surface area contributed by atoms with E-state index in [0.717, 1.165) is 23.2 Å². The van der Waals surface area contributed by atoms with Crippen molar-refractivity contribution < 1.29 is 22.7 Å². The topological polar surface area (TPSA) is 92.3 Å². The molecule has 42 heavy (non-hydrogen) atoms. The van der Waals surface area contributed by atoms with E-state index in [9.17, 15) is 13.2 Å². The first-order chi connectivity index (χ1) is 19.7. The smallest absolute Gasteiger partial charge is 0.260 e. The van der Waals surface area contributed by atoms with Gasteiger partial charge in [-0.3, -0.25) is 9.69 Å². The quantitative estimate of drug-likeness (QED) is 0.241. The molecule has 0 fully saturated rings. The number of thiazole rings is 1. The molecule has 0 unspecified atom stereocenters. The average molecular weight is 631 g/mol. The molecule has 5 rings (SSSR count). The zero-order valence-electron chi connectivity index (χ0n) is 24.1. The number of halogens is 1. The molecule has 0 radical (unpaired) electrons. The normalized spacial score (nSPS) is 13.5. The lowest BCUT2D eigenvalue weighted by molar-refractivity contribution is 0.0986. The molecule has 12 heteroatoms. The van der Waals surface area contributed by atoms with Crippen LogP contribution in [0.1, 0.15) is 27.9 Å². The zero-order chi connectivity index (χ0) is 29.1. The highest BCUT2D eigenvalue weighted by Gasteiger charge is 2.29. The number of rotatable bonds is 10. The van der Waals surface area contributed by atoms with Gasteiger partial charge in [0.2, 0.25) is 10.0 Å². The Bertz CT molecular complexity index is 1620. The van der Waals surface area contributed by atoms with E-state index in [1.165, 1.54) is 33.3 Å². The number of aromatic nitrogens is 1. The van der Waals surface area contributed by atoms with Crippen LogP contribution in [0.2, 0.25) is 0 Å². The number of anilines is 1. The van der Waals surface area contributed by atoms with Crippen LogP contribution in [-0.4, -0.2) is 76.5 Å². The Balaban J connectivity index is 0.00000405. The number of hydrogen-bond donors (Lipinski definition) is 0. The highest BCUT2D eigenvalue weighted by molar-refractivity contribution is 7.89. The Morgan fingerprint density at radius 3 is 2.29 bits per heavy atom. The van der Waals surface area contributed by atoms with Crippen molar-refractivity contribution >= 4 is 55.0 Å². The van der Waals surface area contributed by atoms with E-state index in [4.69, 9.17) is 14.5 Å². The molecule has 1 aromatic heterocycles. The number of nitrogens with zero attached hydrogens (tertiary/aromatic N) is 4. The Morgan fingerprint density at radius 1 is 0.952 bits per heavy atom.